The largest absolute Gasteiger partial charge is 0.324 e. The number of hydrogen-bond donors (Lipinski definition) is 1. The molecule has 0 aliphatic carbocycles. The zero-order valence-corrected chi connectivity index (χ0v) is 15.1. The van der Waals surface area contributed by atoms with E-state index in [9.17, 15) is 0 Å². The summed E-state index contributed by atoms with van der Waals surface area (Å²) in [5.74, 6) is 0. The fraction of sp³-hybridized carbons (Fsp3) is 0.400. The van der Waals surface area contributed by atoms with E-state index in [0.29, 0.717) is 0 Å². The summed E-state index contributed by atoms with van der Waals surface area (Å²) in [5.41, 5.74) is 11.0. The zero-order valence-electron chi connectivity index (χ0n) is 12.0. The summed E-state index contributed by atoms with van der Waals surface area (Å²) in [6, 6.07) is 6.13. The number of hydrogen-bond acceptors (Lipinski definition) is 2. The van der Waals surface area contributed by atoms with E-state index in [1.54, 1.807) is 0 Å². The molecule has 2 rings (SSSR count). The predicted molar refractivity (Wildman–Crippen MR) is 89.8 cm³/mol. The molecule has 1 heterocycles. The lowest BCUT2D eigenvalue weighted by Gasteiger charge is -2.16. The van der Waals surface area contributed by atoms with Crippen molar-refractivity contribution in [3.05, 3.63) is 49.7 Å². The van der Waals surface area contributed by atoms with Crippen molar-refractivity contribution < 1.29 is 0 Å². The number of halogens is 2. The number of nitrogens with zero attached hydrogens (tertiary/aromatic N) is 2. The highest BCUT2D eigenvalue weighted by atomic mass is 79.9. The van der Waals surface area contributed by atoms with Crippen LogP contribution < -0.4 is 5.73 Å². The van der Waals surface area contributed by atoms with Crippen LogP contribution >= 0.6 is 31.9 Å². The molecule has 3 nitrogen and oxygen atoms in total. The van der Waals surface area contributed by atoms with E-state index in [1.807, 2.05) is 23.9 Å². The van der Waals surface area contributed by atoms with Gasteiger partial charge in [-0.3, -0.25) is 4.68 Å². The van der Waals surface area contributed by atoms with E-state index in [4.69, 9.17) is 5.73 Å². The average Bonchev–Trinajstić information content (AvgIpc) is 2.69. The second kappa shape index (κ2) is 6.41. The molecule has 2 aromatic rings. The van der Waals surface area contributed by atoms with E-state index >= 15 is 0 Å². The van der Waals surface area contributed by atoms with Gasteiger partial charge in [-0.1, -0.05) is 35.0 Å². The topological polar surface area (TPSA) is 43.8 Å². The summed E-state index contributed by atoms with van der Waals surface area (Å²) in [5, 5.41) is 4.52. The molecule has 0 aliphatic heterocycles. The molecule has 0 bridgehead atoms. The molecule has 0 saturated carbocycles. The van der Waals surface area contributed by atoms with Crippen LogP contribution in [-0.2, 0) is 19.9 Å². The fourth-order valence-electron chi connectivity index (χ4n) is 2.39. The smallest absolute Gasteiger partial charge is 0.0766 e. The molecule has 20 heavy (non-hydrogen) atoms. The Hall–Kier alpha value is -0.650. The molecule has 0 radical (unpaired) electrons. The maximum Gasteiger partial charge on any atom is 0.0766 e. The highest BCUT2D eigenvalue weighted by Crippen LogP contribution is 2.29. The summed E-state index contributed by atoms with van der Waals surface area (Å²) >= 11 is 7.21. The first kappa shape index (κ1) is 15.7. The molecular weight excluding hydrogens is 382 g/mol. The van der Waals surface area contributed by atoms with Crippen LogP contribution in [0.4, 0.5) is 0 Å². The number of nitrogens with two attached hydrogens (primary N) is 1. The summed E-state index contributed by atoms with van der Waals surface area (Å²) in [6.07, 6.45) is 1.68. The number of benzene rings is 1. The van der Waals surface area contributed by atoms with Crippen LogP contribution in [0.3, 0.4) is 0 Å². The summed E-state index contributed by atoms with van der Waals surface area (Å²) < 4.78 is 4.12. The lowest BCUT2D eigenvalue weighted by atomic mass is 9.98. The Labute approximate surface area is 136 Å². The number of aromatic nitrogens is 2. The second-order valence-corrected chi connectivity index (χ2v) is 6.60. The minimum Gasteiger partial charge on any atom is -0.324 e. The van der Waals surface area contributed by atoms with Crippen molar-refractivity contribution in [3.8, 4) is 0 Å². The first-order valence-corrected chi connectivity index (χ1v) is 8.25. The molecule has 5 heteroatoms. The van der Waals surface area contributed by atoms with E-state index in [-0.39, 0.29) is 6.04 Å². The molecular formula is C15H19Br2N3. The second-order valence-electron chi connectivity index (χ2n) is 4.95. The quantitative estimate of drug-likeness (QED) is 0.840. The maximum atomic E-state index is 6.40. The zero-order chi connectivity index (χ0) is 14.9. The number of aryl methyl sites for hydroxylation is 2. The normalized spacial score (nSPS) is 12.7. The van der Waals surface area contributed by atoms with Crippen LogP contribution in [0.25, 0.3) is 0 Å². The Balaban J connectivity index is 2.30. The molecule has 0 spiro atoms. The van der Waals surface area contributed by atoms with Crippen LogP contribution in [-0.4, -0.2) is 9.78 Å². The van der Waals surface area contributed by atoms with E-state index in [2.05, 4.69) is 56.9 Å². The molecule has 0 saturated heterocycles. The Morgan fingerprint density at radius 3 is 2.65 bits per heavy atom. The van der Waals surface area contributed by atoms with Gasteiger partial charge in [-0.05, 0) is 46.5 Å². The van der Waals surface area contributed by atoms with Gasteiger partial charge < -0.3 is 5.73 Å². The summed E-state index contributed by atoms with van der Waals surface area (Å²) in [4.78, 5) is 0. The van der Waals surface area contributed by atoms with Gasteiger partial charge in [0.15, 0.2) is 0 Å². The Morgan fingerprint density at radius 2 is 2.05 bits per heavy atom. The molecule has 0 aliphatic rings. The van der Waals surface area contributed by atoms with Crippen molar-refractivity contribution in [1.82, 2.24) is 9.78 Å². The van der Waals surface area contributed by atoms with Crippen LogP contribution in [0.15, 0.2) is 27.1 Å². The summed E-state index contributed by atoms with van der Waals surface area (Å²) in [7, 11) is 1.97. The van der Waals surface area contributed by atoms with Gasteiger partial charge in [0, 0.05) is 24.0 Å². The van der Waals surface area contributed by atoms with Crippen molar-refractivity contribution in [2.75, 3.05) is 0 Å². The van der Waals surface area contributed by atoms with Gasteiger partial charge in [0.2, 0.25) is 0 Å². The summed E-state index contributed by atoms with van der Waals surface area (Å²) in [6.45, 7) is 4.20. The lowest BCUT2D eigenvalue weighted by Crippen LogP contribution is -2.17. The van der Waals surface area contributed by atoms with Gasteiger partial charge in [0.25, 0.3) is 0 Å². The predicted octanol–water partition coefficient (Wildman–Crippen LogP) is 4.06. The standard InChI is InChI=1S/C15H19Br2N3/c1-4-13-15(17)14(20(3)19-13)8-12(18)10-6-5-7-11(16)9(10)2/h5-7,12H,4,8,18H2,1-3H3. The SMILES string of the molecule is CCc1nn(C)c(CC(N)c2cccc(Br)c2C)c1Br. The van der Waals surface area contributed by atoms with Crippen molar-refractivity contribution in [1.29, 1.82) is 0 Å². The van der Waals surface area contributed by atoms with Gasteiger partial charge in [0.05, 0.1) is 15.9 Å². The third-order valence-electron chi connectivity index (χ3n) is 3.63. The van der Waals surface area contributed by atoms with Gasteiger partial charge in [-0.15, -0.1) is 0 Å². The molecule has 0 fully saturated rings. The highest BCUT2D eigenvalue weighted by molar-refractivity contribution is 9.10. The average molecular weight is 401 g/mol. The van der Waals surface area contributed by atoms with Gasteiger partial charge in [0.1, 0.15) is 0 Å². The Morgan fingerprint density at radius 1 is 1.35 bits per heavy atom. The van der Waals surface area contributed by atoms with Crippen LogP contribution in [0.2, 0.25) is 0 Å². The van der Waals surface area contributed by atoms with Gasteiger partial charge >= 0.3 is 0 Å². The number of rotatable bonds is 4. The first-order chi connectivity index (χ1) is 9.45. The van der Waals surface area contributed by atoms with E-state index in [1.165, 1.54) is 11.1 Å². The third kappa shape index (κ3) is 3.00. The van der Waals surface area contributed by atoms with Gasteiger partial charge in [-0.25, -0.2) is 0 Å². The third-order valence-corrected chi connectivity index (χ3v) is 5.40. The molecule has 0 amide bonds. The molecule has 1 atom stereocenters. The van der Waals surface area contributed by atoms with Crippen molar-refractivity contribution >= 4 is 31.9 Å². The van der Waals surface area contributed by atoms with Crippen LogP contribution in [0.5, 0.6) is 0 Å². The molecule has 1 unspecified atom stereocenters. The minimum absolute atomic E-state index is 0.0380. The minimum atomic E-state index is -0.0380. The molecule has 1 aromatic carbocycles. The van der Waals surface area contributed by atoms with Crippen molar-refractivity contribution in [3.63, 3.8) is 0 Å². The molecule has 2 N–H and O–H groups in total. The Bertz CT molecular complexity index is 620. The lowest BCUT2D eigenvalue weighted by molar-refractivity contribution is 0.634. The van der Waals surface area contributed by atoms with Crippen molar-refractivity contribution in [2.24, 2.45) is 12.8 Å². The Kier molecular flexibility index (Phi) is 5.04. The molecule has 108 valence electrons. The monoisotopic (exact) mass is 399 g/mol. The van der Waals surface area contributed by atoms with Crippen molar-refractivity contribution in [2.45, 2.75) is 32.7 Å². The van der Waals surface area contributed by atoms with Gasteiger partial charge in [-0.2, -0.15) is 5.10 Å². The van der Waals surface area contributed by atoms with Crippen LogP contribution in [0, 0.1) is 6.92 Å². The van der Waals surface area contributed by atoms with E-state index in [0.717, 1.165) is 33.2 Å². The molecule has 1 aromatic heterocycles. The van der Waals surface area contributed by atoms with Crippen LogP contribution in [0.1, 0.15) is 35.5 Å². The first-order valence-electron chi connectivity index (χ1n) is 6.66. The maximum absolute atomic E-state index is 6.40. The van der Waals surface area contributed by atoms with E-state index < -0.39 is 0 Å². The highest BCUT2D eigenvalue weighted by Gasteiger charge is 2.18. The fourth-order valence-corrected chi connectivity index (χ4v) is 3.55.